The second kappa shape index (κ2) is 8.48. The van der Waals surface area contributed by atoms with Gasteiger partial charge >= 0.3 is 23.9 Å². The number of halogens is 9. The lowest BCUT2D eigenvalue weighted by molar-refractivity contribution is -0.389. The highest BCUT2D eigenvalue weighted by Gasteiger charge is 2.84. The molecule has 1 fully saturated rings. The predicted octanol–water partition coefficient (Wildman–Crippen LogP) is 4.31. The maximum atomic E-state index is 13.7. The lowest BCUT2D eigenvalue weighted by Gasteiger charge is -2.38. The number of hydrogen-bond acceptors (Lipinski definition) is 2. The zero-order chi connectivity index (χ0) is 22.8. The molecule has 0 radical (unpaired) electrons. The number of carbonyl (C=O) groups is 1. The Bertz CT molecular complexity index is 755. The number of amides is 1. The molecule has 3 nitrogen and oxygen atoms in total. The van der Waals surface area contributed by atoms with Crippen LogP contribution in [0.15, 0.2) is 36.4 Å². The molecule has 12 heteroatoms. The maximum absolute atomic E-state index is 13.7. The second-order valence-electron chi connectivity index (χ2n) is 6.63. The SMILES string of the molecule is O=C(N1CCN(CC=Cc2ccccc2)CC1)C(F)(F)C(F)(F)C(F)(F)C(F)(F)F. The zero-order valence-electron chi connectivity index (χ0n) is 15.3. The molecule has 1 aromatic carbocycles. The standard InChI is InChI=1S/C18H17F9N2O/c19-15(20,16(21,22)17(23,24)18(25,26)27)14(30)29-11-9-28(10-12-29)8-4-7-13-5-2-1-3-6-13/h1-7H,8-12H2. The molecule has 0 bridgehead atoms. The van der Waals surface area contributed by atoms with Gasteiger partial charge in [-0.2, -0.15) is 39.5 Å². The minimum atomic E-state index is -7.08. The Balaban J connectivity index is 1.99. The summed E-state index contributed by atoms with van der Waals surface area (Å²) in [5.74, 6) is -23.0. The quantitative estimate of drug-likeness (QED) is 0.606. The average Bonchev–Trinajstić information content (AvgIpc) is 2.67. The molecule has 1 aromatic rings. The highest BCUT2D eigenvalue weighted by molar-refractivity contribution is 5.85. The van der Waals surface area contributed by atoms with E-state index >= 15 is 0 Å². The lowest BCUT2D eigenvalue weighted by atomic mass is 10.0. The molecule has 0 aromatic heterocycles. The van der Waals surface area contributed by atoms with Gasteiger partial charge in [-0.1, -0.05) is 42.5 Å². The maximum Gasteiger partial charge on any atom is 0.460 e. The summed E-state index contributed by atoms with van der Waals surface area (Å²) < 4.78 is 117. The first kappa shape index (κ1) is 24.0. The third kappa shape index (κ3) is 4.57. The van der Waals surface area contributed by atoms with Crippen molar-refractivity contribution in [3.63, 3.8) is 0 Å². The number of carbonyl (C=O) groups excluding carboxylic acids is 1. The fraction of sp³-hybridized carbons (Fsp3) is 0.500. The first-order chi connectivity index (χ1) is 13.7. The van der Waals surface area contributed by atoms with E-state index in [1.54, 1.807) is 17.1 Å². The van der Waals surface area contributed by atoms with Crippen LogP contribution in [0.1, 0.15) is 5.56 Å². The van der Waals surface area contributed by atoms with Gasteiger partial charge in [0.1, 0.15) is 0 Å². The monoisotopic (exact) mass is 448 g/mol. The van der Waals surface area contributed by atoms with Gasteiger partial charge in [0.2, 0.25) is 0 Å². The van der Waals surface area contributed by atoms with Crippen molar-refractivity contribution in [1.29, 1.82) is 0 Å². The molecule has 1 saturated heterocycles. The van der Waals surface area contributed by atoms with Crippen molar-refractivity contribution < 1.29 is 44.3 Å². The Kier molecular flexibility index (Phi) is 6.79. The Morgan fingerprint density at radius 1 is 0.833 bits per heavy atom. The largest absolute Gasteiger partial charge is 0.460 e. The predicted molar refractivity (Wildman–Crippen MR) is 89.4 cm³/mol. The van der Waals surface area contributed by atoms with Gasteiger partial charge < -0.3 is 4.90 Å². The number of nitrogens with zero attached hydrogens (tertiary/aromatic N) is 2. The minimum absolute atomic E-state index is 0.0534. The molecule has 0 aliphatic carbocycles. The minimum Gasteiger partial charge on any atom is -0.335 e. The molecule has 0 saturated carbocycles. The van der Waals surface area contributed by atoms with Gasteiger partial charge in [0.15, 0.2) is 0 Å². The first-order valence-electron chi connectivity index (χ1n) is 8.65. The van der Waals surface area contributed by atoms with Crippen LogP contribution in [-0.4, -0.2) is 72.4 Å². The zero-order valence-corrected chi connectivity index (χ0v) is 15.3. The third-order valence-electron chi connectivity index (χ3n) is 4.55. The van der Waals surface area contributed by atoms with Crippen LogP contribution < -0.4 is 0 Å². The third-order valence-corrected chi connectivity index (χ3v) is 4.55. The molecule has 30 heavy (non-hydrogen) atoms. The molecule has 168 valence electrons. The molecule has 1 heterocycles. The van der Waals surface area contributed by atoms with Gasteiger partial charge in [-0.15, -0.1) is 0 Å². The van der Waals surface area contributed by atoms with Gasteiger partial charge in [0, 0.05) is 32.7 Å². The average molecular weight is 448 g/mol. The Hall–Kier alpha value is -2.24. The van der Waals surface area contributed by atoms with E-state index < -0.39 is 42.9 Å². The molecule has 2 rings (SSSR count). The van der Waals surface area contributed by atoms with Gasteiger partial charge in [-0.25, -0.2) is 0 Å². The van der Waals surface area contributed by atoms with E-state index in [1.165, 1.54) is 0 Å². The number of rotatable bonds is 6. The fourth-order valence-electron chi connectivity index (χ4n) is 2.74. The number of piperazine rings is 1. The number of alkyl halides is 9. The summed E-state index contributed by atoms with van der Waals surface area (Å²) in [5, 5.41) is 0. The van der Waals surface area contributed by atoms with Crippen LogP contribution in [0.25, 0.3) is 6.08 Å². The van der Waals surface area contributed by atoms with Crippen LogP contribution in [0.3, 0.4) is 0 Å². The van der Waals surface area contributed by atoms with Crippen molar-refractivity contribution in [3.8, 4) is 0 Å². The van der Waals surface area contributed by atoms with Crippen molar-refractivity contribution in [2.75, 3.05) is 32.7 Å². The number of hydrogen-bond donors (Lipinski definition) is 0. The molecular weight excluding hydrogens is 431 g/mol. The van der Waals surface area contributed by atoms with Crippen molar-refractivity contribution in [1.82, 2.24) is 9.80 Å². The summed E-state index contributed by atoms with van der Waals surface area (Å²) in [6.45, 7) is -0.831. The summed E-state index contributed by atoms with van der Waals surface area (Å²) in [4.78, 5) is 13.5. The molecule has 1 aliphatic heterocycles. The Morgan fingerprint density at radius 3 is 1.87 bits per heavy atom. The first-order valence-corrected chi connectivity index (χ1v) is 8.65. The smallest absolute Gasteiger partial charge is 0.335 e. The van der Waals surface area contributed by atoms with Gasteiger partial charge in [-0.05, 0) is 5.56 Å². The molecular formula is C18H17F9N2O. The van der Waals surface area contributed by atoms with E-state index in [4.69, 9.17) is 0 Å². The lowest BCUT2D eigenvalue weighted by Crippen LogP contribution is -2.66. The molecule has 0 unspecified atom stereocenters. The van der Waals surface area contributed by atoms with Crippen LogP contribution >= 0.6 is 0 Å². The van der Waals surface area contributed by atoms with E-state index in [9.17, 15) is 44.3 Å². The van der Waals surface area contributed by atoms with E-state index in [0.29, 0.717) is 6.54 Å². The number of benzene rings is 1. The van der Waals surface area contributed by atoms with Crippen LogP contribution in [-0.2, 0) is 4.79 Å². The van der Waals surface area contributed by atoms with E-state index in [0.717, 1.165) is 5.56 Å². The summed E-state index contributed by atoms with van der Waals surface area (Å²) >= 11 is 0. The molecule has 1 aliphatic rings. The van der Waals surface area contributed by atoms with Crippen molar-refractivity contribution >= 4 is 12.0 Å². The molecule has 0 atom stereocenters. The van der Waals surface area contributed by atoms with Crippen LogP contribution in [0, 0.1) is 0 Å². The Labute approximate surface area is 165 Å². The van der Waals surface area contributed by atoms with Crippen molar-refractivity contribution in [2.45, 2.75) is 23.9 Å². The fourth-order valence-corrected chi connectivity index (χ4v) is 2.74. The molecule has 1 amide bonds. The summed E-state index contributed by atoms with van der Waals surface area (Å²) in [6, 6.07) is 9.08. The summed E-state index contributed by atoms with van der Waals surface area (Å²) in [7, 11) is 0. The van der Waals surface area contributed by atoms with E-state index in [1.807, 2.05) is 30.3 Å². The van der Waals surface area contributed by atoms with Gasteiger partial charge in [0.05, 0.1) is 0 Å². The molecule has 0 N–H and O–H groups in total. The Morgan fingerprint density at radius 2 is 1.37 bits per heavy atom. The van der Waals surface area contributed by atoms with E-state index in [-0.39, 0.29) is 18.0 Å². The summed E-state index contributed by atoms with van der Waals surface area (Å²) in [6.07, 6.45) is -3.45. The van der Waals surface area contributed by atoms with Crippen molar-refractivity contribution in [3.05, 3.63) is 42.0 Å². The highest BCUT2D eigenvalue weighted by Crippen LogP contribution is 2.53. The van der Waals surface area contributed by atoms with Crippen molar-refractivity contribution in [2.24, 2.45) is 0 Å². The highest BCUT2D eigenvalue weighted by atomic mass is 19.4. The summed E-state index contributed by atoms with van der Waals surface area (Å²) in [5.41, 5.74) is 0.888. The topological polar surface area (TPSA) is 23.6 Å². The van der Waals surface area contributed by atoms with Crippen LogP contribution in [0.4, 0.5) is 39.5 Å². The normalized spacial score (nSPS) is 17.6. The van der Waals surface area contributed by atoms with Crippen LogP contribution in [0.2, 0.25) is 0 Å². The van der Waals surface area contributed by atoms with E-state index in [2.05, 4.69) is 0 Å². The van der Waals surface area contributed by atoms with Gasteiger partial charge in [0.25, 0.3) is 5.91 Å². The molecule has 0 spiro atoms. The van der Waals surface area contributed by atoms with Crippen LogP contribution in [0.5, 0.6) is 0 Å². The van der Waals surface area contributed by atoms with Gasteiger partial charge in [-0.3, -0.25) is 9.69 Å². The second-order valence-corrected chi connectivity index (χ2v) is 6.63.